The molecule has 0 aliphatic carbocycles. The Morgan fingerprint density at radius 1 is 1.18 bits per heavy atom. The fourth-order valence-electron chi connectivity index (χ4n) is 2.36. The Balaban J connectivity index is 3.59. The van der Waals surface area contributed by atoms with Crippen LogP contribution < -0.4 is 10.7 Å². The van der Waals surface area contributed by atoms with Gasteiger partial charge in [-0.05, 0) is 41.9 Å². The molecule has 0 heterocycles. The number of hydrogen-bond acceptors (Lipinski definition) is 2. The molecule has 0 atom stereocenters. The van der Waals surface area contributed by atoms with Crippen molar-refractivity contribution in [3.05, 3.63) is 28.3 Å². The molecule has 2 nitrogen and oxygen atoms in total. The molecule has 1 rings (SSSR count). The minimum Gasteiger partial charge on any atom is -0.411 e. The van der Waals surface area contributed by atoms with Gasteiger partial charge in [-0.15, -0.1) is 0 Å². The number of benzene rings is 1. The van der Waals surface area contributed by atoms with Crippen molar-refractivity contribution in [2.75, 3.05) is 0 Å². The fourth-order valence-corrected chi connectivity index (χ4v) is 2.36. The fraction of sp³-hybridized carbons (Fsp3) is 0.600. The molecular formula is C15H25NO. The molecule has 0 saturated heterocycles. The molecule has 0 spiro atoms. The van der Waals surface area contributed by atoms with E-state index in [1.54, 1.807) is 0 Å². The van der Waals surface area contributed by atoms with Gasteiger partial charge in [0.05, 0.1) is 0 Å². The zero-order valence-corrected chi connectivity index (χ0v) is 12.0. The third-order valence-electron chi connectivity index (χ3n) is 3.43. The normalized spacial score (nSPS) is 11.7. The van der Waals surface area contributed by atoms with E-state index in [2.05, 4.69) is 47.6 Å². The van der Waals surface area contributed by atoms with Crippen LogP contribution in [0.1, 0.15) is 56.9 Å². The van der Waals surface area contributed by atoms with Crippen LogP contribution in [0.5, 0.6) is 5.75 Å². The van der Waals surface area contributed by atoms with Crippen molar-refractivity contribution in [2.45, 2.75) is 59.8 Å². The molecule has 96 valence electrons. The van der Waals surface area contributed by atoms with Gasteiger partial charge in [0.1, 0.15) is 0 Å². The van der Waals surface area contributed by atoms with E-state index in [9.17, 15) is 0 Å². The first-order chi connectivity index (χ1) is 7.86. The first-order valence-electron chi connectivity index (χ1n) is 6.39. The summed E-state index contributed by atoms with van der Waals surface area (Å²) in [5, 5.41) is 0. The Morgan fingerprint density at radius 2 is 1.76 bits per heavy atom. The molecule has 0 aliphatic heterocycles. The number of aryl methyl sites for hydroxylation is 1. The van der Waals surface area contributed by atoms with E-state index in [1.165, 1.54) is 22.3 Å². The summed E-state index contributed by atoms with van der Waals surface area (Å²) in [6, 6.07) is 2.25. The van der Waals surface area contributed by atoms with Crippen LogP contribution in [0.15, 0.2) is 6.07 Å². The van der Waals surface area contributed by atoms with Gasteiger partial charge in [-0.25, -0.2) is 0 Å². The molecule has 0 aromatic heterocycles. The summed E-state index contributed by atoms with van der Waals surface area (Å²) >= 11 is 0. The molecule has 0 unspecified atom stereocenters. The van der Waals surface area contributed by atoms with Crippen molar-refractivity contribution in [2.24, 2.45) is 5.90 Å². The van der Waals surface area contributed by atoms with Crippen LogP contribution in [-0.4, -0.2) is 0 Å². The SMILES string of the molecule is CCc1cc(C(C)(C)C)c(ON)c(CC)c1C. The highest BCUT2D eigenvalue weighted by molar-refractivity contribution is 5.52. The molecule has 1 aromatic rings. The van der Waals surface area contributed by atoms with Gasteiger partial charge in [-0.3, -0.25) is 0 Å². The average molecular weight is 235 g/mol. The molecule has 1 aromatic carbocycles. The minimum absolute atomic E-state index is 0.0518. The monoisotopic (exact) mass is 235 g/mol. The van der Waals surface area contributed by atoms with Crippen molar-refractivity contribution in [3.8, 4) is 5.75 Å². The first-order valence-corrected chi connectivity index (χ1v) is 6.39. The Bertz CT molecular complexity index is 402. The predicted octanol–water partition coefficient (Wildman–Crippen LogP) is 3.67. The van der Waals surface area contributed by atoms with Gasteiger partial charge in [0, 0.05) is 5.56 Å². The first kappa shape index (κ1) is 14.0. The molecule has 0 radical (unpaired) electrons. The van der Waals surface area contributed by atoms with Crippen LogP contribution >= 0.6 is 0 Å². The maximum absolute atomic E-state index is 5.48. The molecule has 0 saturated carbocycles. The number of rotatable bonds is 3. The van der Waals surface area contributed by atoms with Crippen LogP contribution in [0.4, 0.5) is 0 Å². The second-order valence-electron chi connectivity index (χ2n) is 5.59. The topological polar surface area (TPSA) is 35.2 Å². The maximum Gasteiger partial charge on any atom is 0.154 e. The zero-order chi connectivity index (χ0) is 13.2. The standard InChI is InChI=1S/C15H25NO/c1-7-11-9-13(15(4,5)6)14(17-16)12(8-2)10(11)3/h9H,7-8,16H2,1-6H3. The second-order valence-corrected chi connectivity index (χ2v) is 5.59. The van der Waals surface area contributed by atoms with Crippen LogP contribution in [0.3, 0.4) is 0 Å². The second kappa shape index (κ2) is 5.09. The van der Waals surface area contributed by atoms with Gasteiger partial charge in [0.25, 0.3) is 0 Å². The van der Waals surface area contributed by atoms with E-state index in [-0.39, 0.29) is 5.41 Å². The lowest BCUT2D eigenvalue weighted by Crippen LogP contribution is -2.18. The molecule has 0 fully saturated rings. The summed E-state index contributed by atoms with van der Waals surface area (Å²) in [5.74, 6) is 6.35. The smallest absolute Gasteiger partial charge is 0.154 e. The summed E-state index contributed by atoms with van der Waals surface area (Å²) in [6.07, 6.45) is 2.00. The lowest BCUT2D eigenvalue weighted by Gasteiger charge is -2.26. The van der Waals surface area contributed by atoms with Gasteiger partial charge in [-0.2, -0.15) is 5.90 Å². The minimum atomic E-state index is 0.0518. The van der Waals surface area contributed by atoms with Gasteiger partial charge >= 0.3 is 0 Å². The largest absolute Gasteiger partial charge is 0.411 e. The summed E-state index contributed by atoms with van der Waals surface area (Å²) in [4.78, 5) is 5.17. The van der Waals surface area contributed by atoms with Crippen molar-refractivity contribution < 1.29 is 4.84 Å². The molecular weight excluding hydrogens is 210 g/mol. The van der Waals surface area contributed by atoms with E-state index in [4.69, 9.17) is 10.7 Å². The summed E-state index contributed by atoms with van der Waals surface area (Å²) in [6.45, 7) is 13.1. The number of nitrogens with two attached hydrogens (primary N) is 1. The molecule has 17 heavy (non-hydrogen) atoms. The summed E-state index contributed by atoms with van der Waals surface area (Å²) in [7, 11) is 0. The van der Waals surface area contributed by atoms with E-state index in [0.29, 0.717) is 0 Å². The van der Waals surface area contributed by atoms with Crippen molar-refractivity contribution in [1.29, 1.82) is 0 Å². The third-order valence-corrected chi connectivity index (χ3v) is 3.43. The van der Waals surface area contributed by atoms with E-state index < -0.39 is 0 Å². The van der Waals surface area contributed by atoms with Crippen molar-refractivity contribution >= 4 is 0 Å². The lowest BCUT2D eigenvalue weighted by molar-refractivity contribution is 0.320. The molecule has 0 amide bonds. The van der Waals surface area contributed by atoms with E-state index in [0.717, 1.165) is 18.6 Å². The van der Waals surface area contributed by atoms with Crippen LogP contribution in [0.25, 0.3) is 0 Å². The highest BCUT2D eigenvalue weighted by Gasteiger charge is 2.23. The predicted molar refractivity (Wildman–Crippen MR) is 73.5 cm³/mol. The van der Waals surface area contributed by atoms with Crippen LogP contribution in [-0.2, 0) is 18.3 Å². The quantitative estimate of drug-likeness (QED) is 0.811. The van der Waals surface area contributed by atoms with Crippen LogP contribution in [0.2, 0.25) is 0 Å². The molecule has 0 aliphatic rings. The third kappa shape index (κ3) is 2.63. The molecule has 0 bridgehead atoms. The highest BCUT2D eigenvalue weighted by Crippen LogP contribution is 2.37. The van der Waals surface area contributed by atoms with Crippen LogP contribution in [0, 0.1) is 6.92 Å². The van der Waals surface area contributed by atoms with E-state index >= 15 is 0 Å². The Hall–Kier alpha value is -1.02. The van der Waals surface area contributed by atoms with E-state index in [1.807, 2.05) is 0 Å². The van der Waals surface area contributed by atoms with Gasteiger partial charge < -0.3 is 4.84 Å². The highest BCUT2D eigenvalue weighted by atomic mass is 16.6. The molecule has 2 heteroatoms. The number of hydrogen-bond donors (Lipinski definition) is 1. The Kier molecular flexibility index (Phi) is 4.21. The van der Waals surface area contributed by atoms with Gasteiger partial charge in [0.15, 0.2) is 5.75 Å². The maximum atomic E-state index is 5.48. The average Bonchev–Trinajstić information content (AvgIpc) is 2.26. The van der Waals surface area contributed by atoms with Crippen molar-refractivity contribution in [1.82, 2.24) is 0 Å². The van der Waals surface area contributed by atoms with Crippen molar-refractivity contribution in [3.63, 3.8) is 0 Å². The molecule has 2 N–H and O–H groups in total. The summed E-state index contributed by atoms with van der Waals surface area (Å²) < 4.78 is 0. The lowest BCUT2D eigenvalue weighted by atomic mass is 9.81. The zero-order valence-electron chi connectivity index (χ0n) is 12.0. The Labute approximate surface area is 105 Å². The summed E-state index contributed by atoms with van der Waals surface area (Å²) in [5.41, 5.74) is 5.23. The van der Waals surface area contributed by atoms with Gasteiger partial charge in [0.2, 0.25) is 0 Å². The Morgan fingerprint density at radius 3 is 2.12 bits per heavy atom. The van der Waals surface area contributed by atoms with Gasteiger partial charge in [-0.1, -0.05) is 40.7 Å².